The summed E-state index contributed by atoms with van der Waals surface area (Å²) in [5.74, 6) is 0.351. The molecule has 0 radical (unpaired) electrons. The minimum atomic E-state index is -0.730. The lowest BCUT2D eigenvalue weighted by atomic mass is 10.0. The quantitative estimate of drug-likeness (QED) is 0.308. The molecule has 8 heteroatoms. The molecule has 1 saturated heterocycles. The number of guanidine groups is 1. The number of aliphatic hydroxyl groups is 1. The molecule has 1 aliphatic heterocycles. The van der Waals surface area contributed by atoms with E-state index in [1.165, 1.54) is 12.1 Å². The van der Waals surface area contributed by atoms with Crippen molar-refractivity contribution in [1.82, 2.24) is 15.5 Å². The molecular weight excluding hydrogens is 462 g/mol. The normalized spacial score (nSPS) is 17.1. The second-order valence-corrected chi connectivity index (χ2v) is 7.06. The third-order valence-corrected chi connectivity index (χ3v) is 4.55. The second kappa shape index (κ2) is 11.8. The first-order valence-electron chi connectivity index (χ1n) is 9.21. The van der Waals surface area contributed by atoms with Gasteiger partial charge in [-0.3, -0.25) is 9.89 Å². The van der Waals surface area contributed by atoms with E-state index in [0.717, 1.165) is 32.8 Å². The highest BCUT2D eigenvalue weighted by Gasteiger charge is 2.28. The van der Waals surface area contributed by atoms with Crippen LogP contribution < -0.4 is 10.6 Å². The van der Waals surface area contributed by atoms with E-state index in [-0.39, 0.29) is 35.3 Å². The van der Waals surface area contributed by atoms with Gasteiger partial charge in [-0.25, -0.2) is 4.39 Å². The number of nitrogens with zero attached hydrogens (tertiary/aromatic N) is 2. The maximum Gasteiger partial charge on any atom is 0.191 e. The number of ether oxygens (including phenoxy) is 1. The molecular formula is C19H32FIN4O2. The van der Waals surface area contributed by atoms with Crippen molar-refractivity contribution in [1.29, 1.82) is 0 Å². The summed E-state index contributed by atoms with van der Waals surface area (Å²) in [6.45, 7) is 11.4. The number of morpholine rings is 1. The van der Waals surface area contributed by atoms with Gasteiger partial charge in [0.1, 0.15) is 5.82 Å². The molecule has 27 heavy (non-hydrogen) atoms. The summed E-state index contributed by atoms with van der Waals surface area (Å²) in [5.41, 5.74) is 0.602. The van der Waals surface area contributed by atoms with Crippen LogP contribution in [0.4, 0.5) is 4.39 Å². The van der Waals surface area contributed by atoms with Crippen LogP contribution in [0.15, 0.2) is 29.3 Å². The van der Waals surface area contributed by atoms with Gasteiger partial charge in [-0.05, 0) is 38.5 Å². The number of nitrogens with one attached hydrogen (secondary N) is 2. The van der Waals surface area contributed by atoms with Gasteiger partial charge in [0.2, 0.25) is 0 Å². The Kier molecular flexibility index (Phi) is 10.5. The van der Waals surface area contributed by atoms with E-state index in [9.17, 15) is 9.50 Å². The van der Waals surface area contributed by atoms with Crippen LogP contribution in [-0.2, 0) is 4.74 Å². The van der Waals surface area contributed by atoms with E-state index in [1.807, 2.05) is 6.92 Å². The molecule has 3 N–H and O–H groups in total. The van der Waals surface area contributed by atoms with Crippen molar-refractivity contribution in [2.24, 2.45) is 4.99 Å². The van der Waals surface area contributed by atoms with Crippen LogP contribution in [0.25, 0.3) is 0 Å². The Morgan fingerprint density at radius 2 is 1.89 bits per heavy atom. The van der Waals surface area contributed by atoms with Gasteiger partial charge >= 0.3 is 0 Å². The van der Waals surface area contributed by atoms with Crippen LogP contribution in [0.2, 0.25) is 0 Å². The van der Waals surface area contributed by atoms with Gasteiger partial charge in [-0.2, -0.15) is 0 Å². The molecule has 0 spiro atoms. The summed E-state index contributed by atoms with van der Waals surface area (Å²) in [5, 5.41) is 16.6. The molecule has 0 bridgehead atoms. The lowest BCUT2D eigenvalue weighted by Gasteiger charge is -2.39. The fraction of sp³-hybridized carbons (Fsp3) is 0.632. The van der Waals surface area contributed by atoms with Crippen molar-refractivity contribution in [3.05, 3.63) is 35.6 Å². The lowest BCUT2D eigenvalue weighted by molar-refractivity contribution is -0.00684. The molecule has 0 saturated carbocycles. The predicted octanol–water partition coefficient (Wildman–Crippen LogP) is 2.14. The van der Waals surface area contributed by atoms with Gasteiger partial charge in [0.05, 0.1) is 25.9 Å². The minimum Gasteiger partial charge on any atom is -0.387 e. The molecule has 2 rings (SSSR count). The standard InChI is InChI=1S/C19H31FN4O2.HI/c1-4-21-18(22-13-17(25)15-5-7-16(20)8-6-15)23-14-19(2,3)24-9-11-26-12-10-24;/h5-8,17,25H,4,9-14H2,1-3H3,(H2,21,22,23);1H. The first kappa shape index (κ1) is 24.1. The highest BCUT2D eigenvalue weighted by atomic mass is 127. The molecule has 154 valence electrons. The van der Waals surface area contributed by atoms with Gasteiger partial charge < -0.3 is 20.5 Å². The third kappa shape index (κ3) is 7.89. The summed E-state index contributed by atoms with van der Waals surface area (Å²) >= 11 is 0. The molecule has 1 aliphatic rings. The second-order valence-electron chi connectivity index (χ2n) is 7.06. The number of halogens is 2. The fourth-order valence-corrected chi connectivity index (χ4v) is 2.88. The van der Waals surface area contributed by atoms with Gasteiger partial charge in [0.15, 0.2) is 5.96 Å². The zero-order chi connectivity index (χ0) is 19.0. The summed E-state index contributed by atoms with van der Waals surface area (Å²) in [7, 11) is 0. The zero-order valence-corrected chi connectivity index (χ0v) is 18.7. The largest absolute Gasteiger partial charge is 0.387 e. The number of benzene rings is 1. The summed E-state index contributed by atoms with van der Waals surface area (Å²) in [6, 6.07) is 5.88. The maximum absolute atomic E-state index is 13.0. The first-order chi connectivity index (χ1) is 12.4. The lowest BCUT2D eigenvalue weighted by Crippen LogP contribution is -2.52. The van der Waals surface area contributed by atoms with Crippen LogP contribution in [0.5, 0.6) is 0 Å². The monoisotopic (exact) mass is 494 g/mol. The average molecular weight is 494 g/mol. The van der Waals surface area contributed by atoms with Gasteiger partial charge in [0, 0.05) is 31.7 Å². The molecule has 1 atom stereocenters. The smallest absolute Gasteiger partial charge is 0.191 e. The Morgan fingerprint density at radius 1 is 1.26 bits per heavy atom. The highest BCUT2D eigenvalue weighted by molar-refractivity contribution is 14.0. The molecule has 6 nitrogen and oxygen atoms in total. The summed E-state index contributed by atoms with van der Waals surface area (Å²) in [4.78, 5) is 7.07. The van der Waals surface area contributed by atoms with Crippen molar-refractivity contribution in [2.75, 3.05) is 45.9 Å². The highest BCUT2D eigenvalue weighted by Crippen LogP contribution is 2.16. The van der Waals surface area contributed by atoms with Crippen molar-refractivity contribution in [3.63, 3.8) is 0 Å². The number of hydrogen-bond donors (Lipinski definition) is 3. The molecule has 1 unspecified atom stereocenters. The maximum atomic E-state index is 13.0. The summed E-state index contributed by atoms with van der Waals surface area (Å²) in [6.07, 6.45) is -0.730. The van der Waals surface area contributed by atoms with Gasteiger partial charge in [-0.15, -0.1) is 24.0 Å². The Balaban J connectivity index is 0.00000364. The van der Waals surface area contributed by atoms with Gasteiger partial charge in [0.25, 0.3) is 0 Å². The van der Waals surface area contributed by atoms with Crippen LogP contribution >= 0.6 is 24.0 Å². The van der Waals surface area contributed by atoms with Crippen molar-refractivity contribution < 1.29 is 14.2 Å². The molecule has 1 fully saturated rings. The van der Waals surface area contributed by atoms with Gasteiger partial charge in [-0.1, -0.05) is 12.1 Å². The first-order valence-corrected chi connectivity index (χ1v) is 9.21. The average Bonchev–Trinajstić information content (AvgIpc) is 2.65. The fourth-order valence-electron chi connectivity index (χ4n) is 2.88. The predicted molar refractivity (Wildman–Crippen MR) is 117 cm³/mol. The Hall–Kier alpha value is -0.970. The zero-order valence-electron chi connectivity index (χ0n) is 16.4. The van der Waals surface area contributed by atoms with Crippen LogP contribution in [0.1, 0.15) is 32.4 Å². The van der Waals surface area contributed by atoms with Crippen LogP contribution in [-0.4, -0.2) is 67.4 Å². The van der Waals surface area contributed by atoms with E-state index in [0.29, 0.717) is 24.6 Å². The van der Waals surface area contributed by atoms with Crippen molar-refractivity contribution >= 4 is 29.9 Å². The molecule has 1 aromatic carbocycles. The number of rotatable bonds is 7. The molecule has 0 aliphatic carbocycles. The number of aliphatic hydroxyl groups excluding tert-OH is 1. The van der Waals surface area contributed by atoms with Crippen LogP contribution in [0.3, 0.4) is 0 Å². The molecule has 1 heterocycles. The minimum absolute atomic E-state index is 0. The molecule has 1 aromatic rings. The Labute approximate surface area is 178 Å². The molecule has 0 amide bonds. The van der Waals surface area contributed by atoms with E-state index in [4.69, 9.17) is 4.74 Å². The topological polar surface area (TPSA) is 69.1 Å². The Bertz CT molecular complexity index is 578. The number of hydrogen-bond acceptors (Lipinski definition) is 4. The SMILES string of the molecule is CCNC(=NCC(C)(C)N1CCOCC1)NCC(O)c1ccc(F)cc1.I. The van der Waals surface area contributed by atoms with Crippen LogP contribution in [0, 0.1) is 5.82 Å². The van der Waals surface area contributed by atoms with E-state index < -0.39 is 6.10 Å². The van der Waals surface area contributed by atoms with Crippen molar-refractivity contribution in [2.45, 2.75) is 32.4 Å². The molecule has 0 aromatic heterocycles. The van der Waals surface area contributed by atoms with Crippen molar-refractivity contribution in [3.8, 4) is 0 Å². The van der Waals surface area contributed by atoms with E-state index >= 15 is 0 Å². The summed E-state index contributed by atoms with van der Waals surface area (Å²) < 4.78 is 18.4. The van der Waals surface area contributed by atoms with E-state index in [2.05, 4.69) is 34.4 Å². The number of aliphatic imine (C=N–C) groups is 1. The Morgan fingerprint density at radius 3 is 2.48 bits per heavy atom. The van der Waals surface area contributed by atoms with E-state index in [1.54, 1.807) is 12.1 Å². The third-order valence-electron chi connectivity index (χ3n) is 4.55.